The van der Waals surface area contributed by atoms with Crippen LogP contribution in [0.5, 0.6) is 5.75 Å². The molecule has 7 nitrogen and oxygen atoms in total. The van der Waals surface area contributed by atoms with E-state index in [1.165, 1.54) is 0 Å². The largest absolute Gasteiger partial charge is 0.493 e. The Morgan fingerprint density at radius 1 is 1.13 bits per heavy atom. The van der Waals surface area contributed by atoms with Crippen molar-refractivity contribution in [2.24, 2.45) is 0 Å². The average Bonchev–Trinajstić information content (AvgIpc) is 3.46. The Hall–Kier alpha value is -3.06. The molecule has 2 fully saturated rings. The second kappa shape index (κ2) is 6.99. The molecule has 1 atom stereocenters. The molecule has 0 aliphatic carbocycles. The molecule has 0 bridgehead atoms. The van der Waals surface area contributed by atoms with Gasteiger partial charge in [-0.25, -0.2) is 4.79 Å². The lowest BCUT2D eigenvalue weighted by Crippen LogP contribution is -2.53. The topological polar surface area (TPSA) is 90.2 Å². The van der Waals surface area contributed by atoms with Crippen LogP contribution in [-0.2, 0) is 4.79 Å². The number of hydrogen-bond acceptors (Lipinski definition) is 4. The normalized spacial score (nSPS) is 22.1. The zero-order valence-corrected chi connectivity index (χ0v) is 17.4. The molecule has 4 heterocycles. The number of imidazole rings is 1. The van der Waals surface area contributed by atoms with Crippen LogP contribution in [-0.4, -0.2) is 46.0 Å². The van der Waals surface area contributed by atoms with Crippen LogP contribution in [0.15, 0.2) is 41.2 Å². The van der Waals surface area contributed by atoms with E-state index >= 15 is 0 Å². The summed E-state index contributed by atoms with van der Waals surface area (Å²) >= 11 is 0. The quantitative estimate of drug-likeness (QED) is 0.610. The van der Waals surface area contributed by atoms with E-state index in [1.54, 1.807) is 0 Å². The van der Waals surface area contributed by atoms with Gasteiger partial charge in [-0.3, -0.25) is 9.69 Å². The minimum Gasteiger partial charge on any atom is -0.493 e. The van der Waals surface area contributed by atoms with Gasteiger partial charge in [0.2, 0.25) is 5.91 Å². The van der Waals surface area contributed by atoms with E-state index in [1.807, 2.05) is 30.3 Å². The van der Waals surface area contributed by atoms with Crippen LogP contribution in [0.1, 0.15) is 43.7 Å². The molecule has 3 aliphatic heterocycles. The SMILES string of the molecule is O=C(NC1CCOc2ccc(-c3cccc4[nH]c(=O)[nH]c34)cc21)C12CCCN1CCC2. The summed E-state index contributed by atoms with van der Waals surface area (Å²) in [5, 5.41) is 3.37. The fourth-order valence-electron chi connectivity index (χ4n) is 5.78. The molecular formula is C24H26N4O3. The summed E-state index contributed by atoms with van der Waals surface area (Å²) in [6, 6.07) is 11.8. The molecule has 160 valence electrons. The number of amides is 1. The second-order valence-corrected chi connectivity index (χ2v) is 8.95. The van der Waals surface area contributed by atoms with Crippen LogP contribution in [0, 0.1) is 0 Å². The monoisotopic (exact) mass is 418 g/mol. The third kappa shape index (κ3) is 2.91. The van der Waals surface area contributed by atoms with E-state index in [0.717, 1.165) is 78.7 Å². The molecule has 3 N–H and O–H groups in total. The van der Waals surface area contributed by atoms with Crippen molar-refractivity contribution in [3.8, 4) is 16.9 Å². The lowest BCUT2D eigenvalue weighted by atomic mass is 9.90. The van der Waals surface area contributed by atoms with E-state index in [0.29, 0.717) is 6.61 Å². The van der Waals surface area contributed by atoms with Gasteiger partial charge in [0.05, 0.1) is 23.7 Å². The molecular weight excluding hydrogens is 392 g/mol. The zero-order chi connectivity index (χ0) is 21.0. The van der Waals surface area contributed by atoms with Gasteiger partial charge in [-0.15, -0.1) is 0 Å². The Balaban J connectivity index is 1.35. The molecule has 7 heteroatoms. The van der Waals surface area contributed by atoms with Gasteiger partial charge >= 0.3 is 5.69 Å². The van der Waals surface area contributed by atoms with E-state index in [9.17, 15) is 9.59 Å². The van der Waals surface area contributed by atoms with Gasteiger partial charge in [0.1, 0.15) is 11.3 Å². The Morgan fingerprint density at radius 3 is 2.81 bits per heavy atom. The minimum atomic E-state index is -0.313. The highest BCUT2D eigenvalue weighted by atomic mass is 16.5. The number of aromatic amines is 2. The van der Waals surface area contributed by atoms with Crippen molar-refractivity contribution in [1.82, 2.24) is 20.2 Å². The van der Waals surface area contributed by atoms with Crippen molar-refractivity contribution in [2.45, 2.75) is 43.7 Å². The van der Waals surface area contributed by atoms with Crippen molar-refractivity contribution in [3.05, 3.63) is 52.4 Å². The van der Waals surface area contributed by atoms with Crippen molar-refractivity contribution in [2.75, 3.05) is 19.7 Å². The Bertz CT molecular complexity index is 1220. The second-order valence-electron chi connectivity index (χ2n) is 8.95. The first-order valence-electron chi connectivity index (χ1n) is 11.2. The predicted octanol–water partition coefficient (Wildman–Crippen LogP) is 3.09. The van der Waals surface area contributed by atoms with Gasteiger partial charge in [0, 0.05) is 17.5 Å². The number of carbonyl (C=O) groups is 1. The summed E-state index contributed by atoms with van der Waals surface area (Å²) in [6.45, 7) is 2.65. The van der Waals surface area contributed by atoms with Gasteiger partial charge in [0.25, 0.3) is 0 Å². The number of hydrogen-bond donors (Lipinski definition) is 3. The van der Waals surface area contributed by atoms with Crippen LogP contribution in [0.25, 0.3) is 22.2 Å². The molecule has 0 spiro atoms. The molecule has 0 radical (unpaired) electrons. The number of ether oxygens (including phenoxy) is 1. The summed E-state index contributed by atoms with van der Waals surface area (Å²) < 4.78 is 5.90. The first-order valence-corrected chi connectivity index (χ1v) is 11.2. The molecule has 1 unspecified atom stereocenters. The molecule has 1 amide bonds. The number of carbonyl (C=O) groups excluding carboxylic acids is 1. The first-order chi connectivity index (χ1) is 15.1. The minimum absolute atomic E-state index is 0.0712. The molecule has 2 aromatic carbocycles. The molecule has 31 heavy (non-hydrogen) atoms. The van der Waals surface area contributed by atoms with Crippen LogP contribution in [0.4, 0.5) is 0 Å². The predicted molar refractivity (Wildman–Crippen MR) is 118 cm³/mol. The summed E-state index contributed by atoms with van der Waals surface area (Å²) in [5.41, 5.74) is 3.99. The lowest BCUT2D eigenvalue weighted by molar-refractivity contribution is -0.131. The van der Waals surface area contributed by atoms with Crippen LogP contribution < -0.4 is 15.7 Å². The summed E-state index contributed by atoms with van der Waals surface area (Å²) in [5.74, 6) is 0.991. The Morgan fingerprint density at radius 2 is 1.97 bits per heavy atom. The number of fused-ring (bicyclic) bond motifs is 3. The van der Waals surface area contributed by atoms with Crippen LogP contribution in [0.2, 0.25) is 0 Å². The van der Waals surface area contributed by atoms with Gasteiger partial charge in [-0.05, 0) is 62.5 Å². The van der Waals surface area contributed by atoms with Gasteiger partial charge in [-0.1, -0.05) is 18.2 Å². The van der Waals surface area contributed by atoms with E-state index < -0.39 is 0 Å². The third-order valence-corrected chi connectivity index (χ3v) is 7.28. The maximum atomic E-state index is 13.4. The maximum Gasteiger partial charge on any atom is 0.323 e. The Kier molecular flexibility index (Phi) is 4.21. The maximum absolute atomic E-state index is 13.4. The number of rotatable bonds is 3. The number of para-hydroxylation sites is 1. The number of benzene rings is 2. The van der Waals surface area contributed by atoms with Crippen molar-refractivity contribution in [1.29, 1.82) is 0 Å². The Labute approximate surface area is 179 Å². The number of nitrogens with zero attached hydrogens (tertiary/aromatic N) is 1. The van der Waals surface area contributed by atoms with Crippen LogP contribution in [0.3, 0.4) is 0 Å². The van der Waals surface area contributed by atoms with Crippen LogP contribution >= 0.6 is 0 Å². The highest BCUT2D eigenvalue weighted by Crippen LogP contribution is 2.41. The van der Waals surface area contributed by atoms with Gasteiger partial charge < -0.3 is 20.0 Å². The number of H-pyrrole nitrogens is 2. The van der Waals surface area contributed by atoms with E-state index in [4.69, 9.17) is 4.74 Å². The smallest absolute Gasteiger partial charge is 0.323 e. The summed E-state index contributed by atoms with van der Waals surface area (Å²) in [7, 11) is 0. The highest BCUT2D eigenvalue weighted by Gasteiger charge is 2.50. The molecule has 3 aliphatic rings. The lowest BCUT2D eigenvalue weighted by Gasteiger charge is -2.34. The first kappa shape index (κ1) is 18.7. The molecule has 0 saturated carbocycles. The molecule has 6 rings (SSSR count). The fraction of sp³-hybridized carbons (Fsp3) is 0.417. The molecule has 1 aromatic heterocycles. The zero-order valence-electron chi connectivity index (χ0n) is 17.4. The summed E-state index contributed by atoms with van der Waals surface area (Å²) in [6.07, 6.45) is 4.86. The molecule has 3 aromatic rings. The standard InChI is InChI=1S/C24H26N4O3/c29-22(24-9-2-11-28(24)12-3-10-24)25-18-8-13-31-20-7-6-15(14-17(18)20)16-4-1-5-19-21(16)27-23(30)26-19/h1,4-7,14,18H,2-3,8-13H2,(H,25,29)(H2,26,27,30). The van der Waals surface area contributed by atoms with Gasteiger partial charge in [0.15, 0.2) is 0 Å². The van der Waals surface area contributed by atoms with Crippen molar-refractivity contribution in [3.63, 3.8) is 0 Å². The van der Waals surface area contributed by atoms with Crippen molar-refractivity contribution >= 4 is 16.9 Å². The highest BCUT2D eigenvalue weighted by molar-refractivity contribution is 5.92. The number of nitrogens with one attached hydrogen (secondary N) is 3. The van der Waals surface area contributed by atoms with E-state index in [2.05, 4.69) is 26.3 Å². The average molecular weight is 418 g/mol. The third-order valence-electron chi connectivity index (χ3n) is 7.28. The van der Waals surface area contributed by atoms with E-state index in [-0.39, 0.29) is 23.2 Å². The summed E-state index contributed by atoms with van der Waals surface area (Å²) in [4.78, 5) is 33.3. The van der Waals surface area contributed by atoms with Gasteiger partial charge in [-0.2, -0.15) is 0 Å². The molecule has 2 saturated heterocycles. The number of aromatic nitrogens is 2. The fourth-order valence-corrected chi connectivity index (χ4v) is 5.78. The van der Waals surface area contributed by atoms with Crippen molar-refractivity contribution < 1.29 is 9.53 Å².